The van der Waals surface area contributed by atoms with E-state index in [0.29, 0.717) is 13.1 Å². The maximum Gasteiger partial charge on any atom is 0.573 e. The van der Waals surface area contributed by atoms with Crippen LogP contribution in [0.25, 0.3) is 0 Å². The molecule has 6 nitrogen and oxygen atoms in total. The molecular formula is C20H20ClF3N2O4S. The molecule has 11 heteroatoms. The fourth-order valence-electron chi connectivity index (χ4n) is 3.24. The highest BCUT2D eigenvalue weighted by Gasteiger charge is 2.32. The zero-order valence-corrected chi connectivity index (χ0v) is 17.9. The number of hydrogen-bond donors (Lipinski definition) is 1. The number of sulfonamides is 1. The van der Waals surface area contributed by atoms with Crippen LogP contribution in [0.15, 0.2) is 47.4 Å². The molecule has 0 saturated carbocycles. The Hall–Kier alpha value is -2.30. The van der Waals surface area contributed by atoms with Gasteiger partial charge in [-0.2, -0.15) is 4.31 Å². The van der Waals surface area contributed by atoms with Gasteiger partial charge in [0.2, 0.25) is 10.0 Å². The predicted octanol–water partition coefficient (Wildman–Crippen LogP) is 5.06. The Bertz CT molecular complexity index is 1050. The normalized spacial score (nSPS) is 15.9. The minimum absolute atomic E-state index is 0.0402. The summed E-state index contributed by atoms with van der Waals surface area (Å²) >= 11 is 6.12. The van der Waals surface area contributed by atoms with Gasteiger partial charge >= 0.3 is 6.36 Å². The molecule has 0 atom stereocenters. The molecule has 0 aromatic heterocycles. The fourth-order valence-corrected chi connectivity index (χ4v) is 5.26. The Morgan fingerprint density at radius 1 is 1.03 bits per heavy atom. The van der Waals surface area contributed by atoms with Crippen molar-refractivity contribution in [3.8, 4) is 5.75 Å². The van der Waals surface area contributed by atoms with Crippen LogP contribution in [-0.4, -0.2) is 38.1 Å². The Morgan fingerprint density at radius 3 is 2.32 bits per heavy atom. The Labute approximate surface area is 183 Å². The van der Waals surface area contributed by atoms with E-state index in [2.05, 4.69) is 10.1 Å². The third-order valence-corrected chi connectivity index (χ3v) is 7.12. The molecule has 0 spiro atoms. The summed E-state index contributed by atoms with van der Waals surface area (Å²) in [5.74, 6) is -1.39. The van der Waals surface area contributed by atoms with E-state index in [0.717, 1.165) is 37.8 Å². The Balaban J connectivity index is 1.87. The smallest absolute Gasteiger partial charge is 0.404 e. The highest BCUT2D eigenvalue weighted by Crippen LogP contribution is 2.31. The van der Waals surface area contributed by atoms with Crippen molar-refractivity contribution in [3.63, 3.8) is 0 Å². The average Bonchev–Trinajstić information content (AvgIpc) is 2.98. The first kappa shape index (κ1) is 23.4. The van der Waals surface area contributed by atoms with Gasteiger partial charge in [0.05, 0.1) is 10.7 Å². The molecule has 1 aliphatic rings. The number of para-hydroxylation sites is 2. The van der Waals surface area contributed by atoms with E-state index in [4.69, 9.17) is 11.6 Å². The van der Waals surface area contributed by atoms with Crippen LogP contribution in [-0.2, 0) is 10.0 Å². The van der Waals surface area contributed by atoms with Crippen molar-refractivity contribution in [2.24, 2.45) is 0 Å². The van der Waals surface area contributed by atoms with Crippen molar-refractivity contribution in [1.29, 1.82) is 0 Å². The summed E-state index contributed by atoms with van der Waals surface area (Å²) in [7, 11) is -3.93. The minimum Gasteiger partial charge on any atom is -0.404 e. The molecule has 2 aromatic rings. The standard InChI is InChI=1S/C20H20ClF3N2O4S/c21-15-10-9-14(13-18(15)31(28,29)26-11-5-1-2-6-12-26)19(27)25-16-7-3-4-8-17(16)30-20(22,23)24/h3-4,7-10,13H,1-2,5-6,11-12H2,(H,25,27). The summed E-state index contributed by atoms with van der Waals surface area (Å²) in [5, 5.41) is 2.28. The van der Waals surface area contributed by atoms with E-state index in [1.807, 2.05) is 0 Å². The van der Waals surface area contributed by atoms with Gasteiger partial charge in [0, 0.05) is 18.7 Å². The van der Waals surface area contributed by atoms with Gasteiger partial charge in [-0.05, 0) is 43.2 Å². The Kier molecular flexibility index (Phi) is 7.13. The van der Waals surface area contributed by atoms with Crippen LogP contribution in [0.4, 0.5) is 18.9 Å². The second kappa shape index (κ2) is 9.46. The molecule has 0 aliphatic carbocycles. The minimum atomic E-state index is -4.94. The van der Waals surface area contributed by atoms with Crippen molar-refractivity contribution in [1.82, 2.24) is 4.31 Å². The van der Waals surface area contributed by atoms with Gasteiger partial charge in [0.15, 0.2) is 5.75 Å². The summed E-state index contributed by atoms with van der Waals surface area (Å²) in [5.41, 5.74) is -0.281. The lowest BCUT2D eigenvalue weighted by atomic mass is 10.2. The molecule has 2 aromatic carbocycles. The van der Waals surface area contributed by atoms with Crippen LogP contribution < -0.4 is 10.1 Å². The van der Waals surface area contributed by atoms with Crippen molar-refractivity contribution >= 4 is 33.2 Å². The van der Waals surface area contributed by atoms with E-state index in [1.54, 1.807) is 0 Å². The van der Waals surface area contributed by atoms with Crippen molar-refractivity contribution in [2.45, 2.75) is 36.9 Å². The SMILES string of the molecule is O=C(Nc1ccccc1OC(F)(F)F)c1ccc(Cl)c(S(=O)(=O)N2CCCCCC2)c1. The first-order valence-corrected chi connectivity index (χ1v) is 11.4. The number of benzene rings is 2. The lowest BCUT2D eigenvalue weighted by Crippen LogP contribution is -2.32. The van der Waals surface area contributed by atoms with Gasteiger partial charge in [-0.3, -0.25) is 4.79 Å². The monoisotopic (exact) mass is 476 g/mol. The highest BCUT2D eigenvalue weighted by atomic mass is 35.5. The molecule has 1 fully saturated rings. The highest BCUT2D eigenvalue weighted by molar-refractivity contribution is 7.89. The molecule has 1 saturated heterocycles. The van der Waals surface area contributed by atoms with Gasteiger partial charge in [-0.25, -0.2) is 8.42 Å². The third kappa shape index (κ3) is 5.90. The third-order valence-electron chi connectivity index (χ3n) is 4.74. The largest absolute Gasteiger partial charge is 0.573 e. The number of rotatable bonds is 5. The number of halogens is 4. The average molecular weight is 477 g/mol. The maximum absolute atomic E-state index is 13.1. The molecule has 1 heterocycles. The molecule has 1 amide bonds. The van der Waals surface area contributed by atoms with Gasteiger partial charge in [0.25, 0.3) is 5.91 Å². The molecule has 0 bridgehead atoms. The lowest BCUT2D eigenvalue weighted by Gasteiger charge is -2.21. The van der Waals surface area contributed by atoms with E-state index in [1.165, 1.54) is 34.6 Å². The quantitative estimate of drug-likeness (QED) is 0.654. The number of nitrogens with one attached hydrogen (secondary N) is 1. The van der Waals surface area contributed by atoms with Crippen LogP contribution in [0.5, 0.6) is 5.75 Å². The molecule has 0 radical (unpaired) electrons. The molecular weight excluding hydrogens is 457 g/mol. The van der Waals surface area contributed by atoms with Crippen molar-refractivity contribution < 1.29 is 31.1 Å². The first-order valence-electron chi connectivity index (χ1n) is 9.54. The lowest BCUT2D eigenvalue weighted by molar-refractivity contribution is -0.274. The number of carbonyl (C=O) groups is 1. The van der Waals surface area contributed by atoms with E-state index >= 15 is 0 Å². The summed E-state index contributed by atoms with van der Waals surface area (Å²) in [6.45, 7) is 0.717. The Morgan fingerprint density at radius 2 is 1.68 bits per heavy atom. The van der Waals surface area contributed by atoms with Crippen LogP contribution in [0.1, 0.15) is 36.0 Å². The topological polar surface area (TPSA) is 75.7 Å². The van der Waals surface area contributed by atoms with Crippen LogP contribution in [0.2, 0.25) is 5.02 Å². The zero-order chi connectivity index (χ0) is 22.6. The van der Waals surface area contributed by atoms with E-state index in [9.17, 15) is 26.4 Å². The second-order valence-electron chi connectivity index (χ2n) is 6.96. The summed E-state index contributed by atoms with van der Waals surface area (Å²) in [6, 6.07) is 8.75. The molecule has 3 rings (SSSR count). The molecule has 31 heavy (non-hydrogen) atoms. The molecule has 168 valence electrons. The number of ether oxygens (including phenoxy) is 1. The van der Waals surface area contributed by atoms with Crippen molar-refractivity contribution in [2.75, 3.05) is 18.4 Å². The van der Waals surface area contributed by atoms with Crippen LogP contribution >= 0.6 is 11.6 Å². The number of nitrogens with zero attached hydrogens (tertiary/aromatic N) is 1. The number of hydrogen-bond acceptors (Lipinski definition) is 4. The number of anilines is 1. The zero-order valence-electron chi connectivity index (χ0n) is 16.3. The second-order valence-corrected chi connectivity index (χ2v) is 9.28. The summed E-state index contributed by atoms with van der Waals surface area (Å²) in [6.07, 6.45) is -1.61. The fraction of sp³-hybridized carbons (Fsp3) is 0.350. The van der Waals surface area contributed by atoms with Crippen molar-refractivity contribution in [3.05, 3.63) is 53.1 Å². The van der Waals surface area contributed by atoms with E-state index < -0.39 is 28.0 Å². The van der Waals surface area contributed by atoms with Gasteiger partial charge in [-0.1, -0.05) is 36.6 Å². The number of amides is 1. The number of alkyl halides is 3. The van der Waals surface area contributed by atoms with Crippen LogP contribution in [0.3, 0.4) is 0 Å². The predicted molar refractivity (Wildman–Crippen MR) is 110 cm³/mol. The maximum atomic E-state index is 13.1. The molecule has 0 unspecified atom stereocenters. The van der Waals surface area contributed by atoms with Crippen LogP contribution in [0, 0.1) is 0 Å². The van der Waals surface area contributed by atoms with Gasteiger partial charge in [-0.15, -0.1) is 13.2 Å². The first-order chi connectivity index (χ1) is 14.6. The van der Waals surface area contributed by atoms with Gasteiger partial charge < -0.3 is 10.1 Å². The summed E-state index contributed by atoms with van der Waals surface area (Å²) < 4.78 is 69.2. The van der Waals surface area contributed by atoms with E-state index in [-0.39, 0.29) is 21.2 Å². The molecule has 1 aliphatic heterocycles. The van der Waals surface area contributed by atoms with Gasteiger partial charge in [0.1, 0.15) is 4.90 Å². The molecule has 1 N–H and O–H groups in total. The summed E-state index contributed by atoms with van der Waals surface area (Å²) in [4.78, 5) is 12.4. The number of carbonyl (C=O) groups excluding carboxylic acids is 1.